The van der Waals surface area contributed by atoms with Crippen LogP contribution in [0.5, 0.6) is 0 Å². The number of hydrogen-bond donors (Lipinski definition) is 0. The first-order valence-electron chi connectivity index (χ1n) is 30.4. The molecular weight excluding hydrogens is 1100 g/mol. The Kier molecular flexibility index (Phi) is 10.7. The van der Waals surface area contributed by atoms with Gasteiger partial charge in [-0.05, 0) is 151 Å². The molecule has 2 aromatic heterocycles. The average Bonchev–Trinajstić information content (AvgIpc) is 1.51. The number of fused-ring (bicyclic) bond motifs is 20. The van der Waals surface area contributed by atoms with Crippen LogP contribution < -0.4 is 9.80 Å². The van der Waals surface area contributed by atoms with Crippen molar-refractivity contribution in [1.29, 1.82) is 0 Å². The molecular formula is C81H54F2N4O2. The molecule has 0 saturated heterocycles. The van der Waals surface area contributed by atoms with Crippen LogP contribution in [-0.4, -0.2) is 9.97 Å². The number of halogens is 2. The minimum Gasteiger partial charge on any atom is -0.435 e. The first-order chi connectivity index (χ1) is 43.5. The molecule has 8 heteroatoms. The maximum Gasteiger partial charge on any atom is 0.227 e. The van der Waals surface area contributed by atoms with Crippen LogP contribution in [0, 0.1) is 11.6 Å². The third-order valence-corrected chi connectivity index (χ3v) is 19.6. The van der Waals surface area contributed by atoms with Gasteiger partial charge >= 0.3 is 0 Å². The third kappa shape index (κ3) is 6.88. The summed E-state index contributed by atoms with van der Waals surface area (Å²) in [7, 11) is 0. The lowest BCUT2D eigenvalue weighted by Gasteiger charge is -2.33. The van der Waals surface area contributed by atoms with E-state index in [9.17, 15) is 0 Å². The molecule has 4 aliphatic rings. The fourth-order valence-electron chi connectivity index (χ4n) is 16.0. The second-order valence-electron chi connectivity index (χ2n) is 24.9. The SMILES string of the molecule is CC1(C)c2ccccc2-c2cccc(-c3nc4c(N(c5ccccc5)c5ccccc5F)cc5c(c4o3)-c3c(cc(N(c4ccccc4)c4ccccc4F)c4nc(-c6cccc7c6C(C)(C)c6ccccc6-7)oc34)C53c4ccccc4-c4ccccc43)c21. The van der Waals surface area contributed by atoms with Crippen molar-refractivity contribution in [3.05, 3.63) is 311 Å². The fourth-order valence-corrected chi connectivity index (χ4v) is 16.0. The number of hydrogen-bond acceptors (Lipinski definition) is 6. The standard InChI is InChI=1S/C81H54F2N4O2/c1-79(2)57-37-15-11-31-51(57)53-33-23-35-55(71(53)79)77-84-73-67(86(47-25-7-5-8-26-47)65-43-21-19-41-63(65)82)45-61-69(75(73)88-77)70-62(81(61)59-39-17-13-29-49(59)50-30-14-18-40-60(50)81)46-68(87(48-27-9-6-10-28-48)66-44-22-20-42-64(66)83)74-76(70)89-78(85-74)56-36-24-34-54-52-32-12-16-38-58(52)80(3,4)72(54)56/h5-46H,1-4H3. The van der Waals surface area contributed by atoms with Crippen LogP contribution >= 0.6 is 0 Å². The highest BCUT2D eigenvalue weighted by Gasteiger charge is 2.55. The highest BCUT2D eigenvalue weighted by atomic mass is 19.1. The van der Waals surface area contributed by atoms with Gasteiger partial charge in [-0.2, -0.15) is 0 Å². The van der Waals surface area contributed by atoms with Crippen molar-refractivity contribution in [2.75, 3.05) is 9.80 Å². The Labute approximate surface area is 513 Å². The van der Waals surface area contributed by atoms with Crippen molar-refractivity contribution < 1.29 is 17.6 Å². The molecule has 0 saturated carbocycles. The normalized spacial score (nSPS) is 14.4. The number of rotatable bonds is 8. The number of benzene rings is 12. The van der Waals surface area contributed by atoms with Crippen LogP contribution in [0.4, 0.5) is 42.9 Å². The monoisotopic (exact) mass is 1150 g/mol. The van der Waals surface area contributed by atoms with Crippen molar-refractivity contribution in [1.82, 2.24) is 9.97 Å². The number of nitrogens with zero attached hydrogens (tertiary/aromatic N) is 4. The lowest BCUT2D eigenvalue weighted by atomic mass is 9.70. The van der Waals surface area contributed by atoms with E-state index in [0.29, 0.717) is 56.7 Å². The molecule has 12 aromatic carbocycles. The zero-order valence-corrected chi connectivity index (χ0v) is 49.1. The van der Waals surface area contributed by atoms with Crippen molar-refractivity contribution in [2.45, 2.75) is 43.9 Å². The van der Waals surface area contributed by atoms with Crippen molar-refractivity contribution in [2.24, 2.45) is 0 Å². The van der Waals surface area contributed by atoms with Gasteiger partial charge in [0.05, 0.1) is 28.2 Å². The van der Waals surface area contributed by atoms with Gasteiger partial charge in [0.2, 0.25) is 11.8 Å². The number of aromatic nitrogens is 2. The van der Waals surface area contributed by atoms with Gasteiger partial charge < -0.3 is 18.6 Å². The smallest absolute Gasteiger partial charge is 0.227 e. The highest BCUT2D eigenvalue weighted by molar-refractivity contribution is 6.16. The van der Waals surface area contributed by atoms with E-state index >= 15 is 8.78 Å². The molecule has 0 unspecified atom stereocenters. The van der Waals surface area contributed by atoms with Crippen molar-refractivity contribution in [3.63, 3.8) is 0 Å². The van der Waals surface area contributed by atoms with Crippen LogP contribution in [0.3, 0.4) is 0 Å². The summed E-state index contributed by atoms with van der Waals surface area (Å²) in [5.74, 6) is 0.0338. The predicted octanol–water partition coefficient (Wildman–Crippen LogP) is 21.5. The van der Waals surface area contributed by atoms with Crippen LogP contribution in [0.15, 0.2) is 264 Å². The molecule has 2 heterocycles. The first-order valence-corrected chi connectivity index (χ1v) is 30.4. The Hall–Kier alpha value is -11.0. The first kappa shape index (κ1) is 51.3. The van der Waals surface area contributed by atoms with Gasteiger partial charge in [0.1, 0.15) is 22.7 Å². The van der Waals surface area contributed by atoms with E-state index in [1.807, 2.05) is 94.7 Å². The maximum atomic E-state index is 17.2. The molecule has 0 atom stereocenters. The highest BCUT2D eigenvalue weighted by Crippen LogP contribution is 2.68. The lowest BCUT2D eigenvalue weighted by molar-refractivity contribution is 0.607. The van der Waals surface area contributed by atoms with E-state index in [2.05, 4.69) is 173 Å². The van der Waals surface area contributed by atoms with E-state index in [0.717, 1.165) is 89.3 Å². The van der Waals surface area contributed by atoms with Gasteiger partial charge in [0.25, 0.3) is 0 Å². The number of para-hydroxylation sites is 4. The second-order valence-corrected chi connectivity index (χ2v) is 24.9. The Balaban J connectivity index is 1.04. The molecule has 6 nitrogen and oxygen atoms in total. The topological polar surface area (TPSA) is 58.5 Å². The van der Waals surface area contributed by atoms with Gasteiger partial charge in [-0.1, -0.05) is 210 Å². The second kappa shape index (κ2) is 18.5. The summed E-state index contributed by atoms with van der Waals surface area (Å²) >= 11 is 0. The van der Waals surface area contributed by atoms with E-state index in [-0.39, 0.29) is 0 Å². The molecule has 14 aromatic rings. The molecule has 0 fully saturated rings. The molecule has 4 aliphatic carbocycles. The van der Waals surface area contributed by atoms with Crippen LogP contribution in [0.2, 0.25) is 0 Å². The molecule has 0 amide bonds. The van der Waals surface area contributed by atoms with Crippen LogP contribution in [0.1, 0.15) is 72.2 Å². The van der Waals surface area contributed by atoms with Crippen LogP contribution in [-0.2, 0) is 16.2 Å². The number of anilines is 6. The Morgan fingerprint density at radius 2 is 0.640 bits per heavy atom. The van der Waals surface area contributed by atoms with Gasteiger partial charge in [-0.25, -0.2) is 18.7 Å². The Bertz CT molecular complexity index is 5000. The van der Waals surface area contributed by atoms with E-state index in [1.165, 1.54) is 34.4 Å². The summed E-state index contributed by atoms with van der Waals surface area (Å²) in [6.07, 6.45) is 0. The maximum absolute atomic E-state index is 17.2. The van der Waals surface area contributed by atoms with Crippen LogP contribution in [0.25, 0.3) is 89.6 Å². The van der Waals surface area contributed by atoms with Crippen molar-refractivity contribution >= 4 is 56.3 Å². The summed E-state index contributed by atoms with van der Waals surface area (Å²) in [5.41, 5.74) is 21.9. The summed E-state index contributed by atoms with van der Waals surface area (Å²) in [6, 6.07) is 85.5. The average molecular weight is 1150 g/mol. The summed E-state index contributed by atoms with van der Waals surface area (Å²) in [5, 5.41) is 0. The zero-order chi connectivity index (χ0) is 59.7. The molecule has 0 N–H and O–H groups in total. The molecule has 0 radical (unpaired) electrons. The summed E-state index contributed by atoms with van der Waals surface area (Å²) in [6.45, 7) is 9.09. The largest absolute Gasteiger partial charge is 0.435 e. The summed E-state index contributed by atoms with van der Waals surface area (Å²) < 4.78 is 50.1. The van der Waals surface area contributed by atoms with E-state index in [1.54, 1.807) is 12.1 Å². The van der Waals surface area contributed by atoms with E-state index in [4.69, 9.17) is 18.8 Å². The van der Waals surface area contributed by atoms with Gasteiger partial charge in [-0.15, -0.1) is 0 Å². The number of oxazole rings is 2. The quantitative estimate of drug-likeness (QED) is 0.151. The summed E-state index contributed by atoms with van der Waals surface area (Å²) in [4.78, 5) is 15.5. The molecule has 18 rings (SSSR count). The predicted molar refractivity (Wildman–Crippen MR) is 353 cm³/mol. The molecule has 89 heavy (non-hydrogen) atoms. The lowest BCUT2D eigenvalue weighted by Crippen LogP contribution is -2.27. The Morgan fingerprint density at radius 1 is 0.315 bits per heavy atom. The zero-order valence-electron chi connectivity index (χ0n) is 49.1. The minimum atomic E-state index is -1.12. The molecule has 0 bridgehead atoms. The Morgan fingerprint density at radius 3 is 1.04 bits per heavy atom. The molecule has 0 aliphatic heterocycles. The fraction of sp³-hybridized carbons (Fsp3) is 0.0864. The minimum absolute atomic E-state index is 0.340. The van der Waals surface area contributed by atoms with Crippen molar-refractivity contribution in [3.8, 4) is 67.4 Å². The van der Waals surface area contributed by atoms with Gasteiger partial charge in [0, 0.05) is 44.5 Å². The van der Waals surface area contributed by atoms with Gasteiger partial charge in [-0.3, -0.25) is 0 Å². The molecule has 1 spiro atoms. The van der Waals surface area contributed by atoms with E-state index < -0.39 is 27.9 Å². The van der Waals surface area contributed by atoms with Gasteiger partial charge in [0.15, 0.2) is 11.2 Å². The molecule has 424 valence electrons. The third-order valence-electron chi connectivity index (χ3n) is 19.6.